The third kappa shape index (κ3) is 4.29. The highest BCUT2D eigenvalue weighted by atomic mass is 35.5. The highest BCUT2D eigenvalue weighted by molar-refractivity contribution is 6.44. The van der Waals surface area contributed by atoms with Gasteiger partial charge in [0.15, 0.2) is 0 Å². The first-order valence-electron chi connectivity index (χ1n) is 8.28. The molecule has 0 aliphatic heterocycles. The molecule has 5 nitrogen and oxygen atoms in total. The number of ether oxygens (including phenoxy) is 1. The van der Waals surface area contributed by atoms with Gasteiger partial charge in [-0.15, -0.1) is 0 Å². The van der Waals surface area contributed by atoms with Gasteiger partial charge in [-0.2, -0.15) is 0 Å². The zero-order valence-corrected chi connectivity index (χ0v) is 15.6. The second-order valence-corrected chi connectivity index (χ2v) is 6.77. The van der Waals surface area contributed by atoms with Crippen LogP contribution in [-0.4, -0.2) is 18.4 Å². The molecule has 7 heteroatoms. The molecule has 2 aromatic rings. The first kappa shape index (κ1) is 18.5. The number of amides is 2. The van der Waals surface area contributed by atoms with E-state index in [9.17, 15) is 9.59 Å². The summed E-state index contributed by atoms with van der Waals surface area (Å²) in [6.45, 7) is 2.49. The first-order valence-corrected chi connectivity index (χ1v) is 9.03. The third-order valence-corrected chi connectivity index (χ3v) is 4.93. The Kier molecular flexibility index (Phi) is 5.69. The van der Waals surface area contributed by atoms with Crippen LogP contribution in [0.3, 0.4) is 0 Å². The van der Waals surface area contributed by atoms with Gasteiger partial charge in [-0.3, -0.25) is 9.59 Å². The number of hydrogen-bond acceptors (Lipinski definition) is 3. The van der Waals surface area contributed by atoms with E-state index in [2.05, 4.69) is 10.6 Å². The lowest BCUT2D eigenvalue weighted by Crippen LogP contribution is -2.20. The fourth-order valence-electron chi connectivity index (χ4n) is 2.64. The van der Waals surface area contributed by atoms with Crippen molar-refractivity contribution >= 4 is 46.4 Å². The Bertz CT molecular complexity index is 824. The molecule has 0 spiro atoms. The summed E-state index contributed by atoms with van der Waals surface area (Å²) in [5.74, 6) is -0.382. The molecule has 136 valence electrons. The van der Waals surface area contributed by atoms with Gasteiger partial charge in [-0.05, 0) is 49.7 Å². The van der Waals surface area contributed by atoms with Crippen molar-refractivity contribution in [3.8, 4) is 5.75 Å². The van der Waals surface area contributed by atoms with Crippen LogP contribution in [0.15, 0.2) is 42.5 Å². The van der Waals surface area contributed by atoms with Crippen LogP contribution in [0.5, 0.6) is 5.75 Å². The minimum absolute atomic E-state index is 0.175. The molecule has 0 heterocycles. The van der Waals surface area contributed by atoms with Crippen LogP contribution in [0.1, 0.15) is 13.3 Å². The Morgan fingerprint density at radius 1 is 1.04 bits per heavy atom. The Morgan fingerprint density at radius 3 is 2.35 bits per heavy atom. The molecular formula is C19H18Cl2N2O3. The van der Waals surface area contributed by atoms with Crippen LogP contribution in [0.4, 0.5) is 11.4 Å². The smallest absolute Gasteiger partial charge is 0.228 e. The average molecular weight is 393 g/mol. The van der Waals surface area contributed by atoms with E-state index in [1.165, 1.54) is 0 Å². The molecule has 1 aliphatic carbocycles. The number of benzene rings is 2. The molecule has 2 N–H and O–H groups in total. The van der Waals surface area contributed by atoms with E-state index >= 15 is 0 Å². The molecule has 2 aromatic carbocycles. The van der Waals surface area contributed by atoms with Crippen LogP contribution < -0.4 is 15.4 Å². The van der Waals surface area contributed by atoms with Gasteiger partial charge in [0.25, 0.3) is 0 Å². The summed E-state index contributed by atoms with van der Waals surface area (Å²) in [6.07, 6.45) is 0.507. The zero-order chi connectivity index (χ0) is 18.7. The van der Waals surface area contributed by atoms with Crippen LogP contribution in [0.2, 0.25) is 10.0 Å². The predicted octanol–water partition coefficient (Wildman–Crippen LogP) is 4.61. The summed E-state index contributed by atoms with van der Waals surface area (Å²) in [7, 11) is 0. The molecule has 1 saturated carbocycles. The van der Waals surface area contributed by atoms with E-state index in [0.29, 0.717) is 34.4 Å². The fourth-order valence-corrected chi connectivity index (χ4v) is 2.98. The van der Waals surface area contributed by atoms with E-state index in [1.807, 2.05) is 6.92 Å². The molecule has 0 aromatic heterocycles. The summed E-state index contributed by atoms with van der Waals surface area (Å²) in [5.41, 5.74) is 1.11. The predicted molar refractivity (Wildman–Crippen MR) is 103 cm³/mol. The lowest BCUT2D eigenvalue weighted by molar-refractivity contribution is -0.122. The summed E-state index contributed by atoms with van der Waals surface area (Å²) >= 11 is 12.0. The maximum Gasteiger partial charge on any atom is 0.228 e. The van der Waals surface area contributed by atoms with Crippen molar-refractivity contribution < 1.29 is 14.3 Å². The molecule has 0 saturated heterocycles. The highest BCUT2D eigenvalue weighted by Crippen LogP contribution is 2.41. The van der Waals surface area contributed by atoms with E-state index in [-0.39, 0.29) is 23.7 Å². The van der Waals surface area contributed by atoms with Gasteiger partial charge in [0.2, 0.25) is 11.8 Å². The number of nitrogens with one attached hydrogen (secondary N) is 2. The molecule has 0 bridgehead atoms. The molecule has 3 rings (SSSR count). The van der Waals surface area contributed by atoms with Gasteiger partial charge >= 0.3 is 0 Å². The lowest BCUT2D eigenvalue weighted by Gasteiger charge is -2.09. The maximum atomic E-state index is 12.3. The quantitative estimate of drug-likeness (QED) is 0.754. The molecular weight excluding hydrogens is 375 g/mol. The number of rotatable bonds is 6. The summed E-state index contributed by atoms with van der Waals surface area (Å²) < 4.78 is 5.36. The van der Waals surface area contributed by atoms with Crippen LogP contribution in [0.25, 0.3) is 0 Å². The highest BCUT2D eigenvalue weighted by Gasteiger charge is 2.48. The van der Waals surface area contributed by atoms with Crippen molar-refractivity contribution in [2.24, 2.45) is 11.8 Å². The third-order valence-electron chi connectivity index (χ3n) is 4.11. The van der Waals surface area contributed by atoms with E-state index in [1.54, 1.807) is 42.5 Å². The van der Waals surface area contributed by atoms with Gasteiger partial charge in [-0.1, -0.05) is 29.3 Å². The van der Waals surface area contributed by atoms with E-state index in [4.69, 9.17) is 27.9 Å². The molecule has 2 atom stereocenters. The molecule has 26 heavy (non-hydrogen) atoms. The van der Waals surface area contributed by atoms with Gasteiger partial charge in [0.1, 0.15) is 5.75 Å². The summed E-state index contributed by atoms with van der Waals surface area (Å²) in [5, 5.41) is 6.21. The van der Waals surface area contributed by atoms with Gasteiger partial charge in [0.05, 0.1) is 34.2 Å². The van der Waals surface area contributed by atoms with Crippen molar-refractivity contribution in [3.05, 3.63) is 52.5 Å². The topological polar surface area (TPSA) is 67.4 Å². The number of halogens is 2. The minimum atomic E-state index is -0.368. The monoisotopic (exact) mass is 392 g/mol. The Labute approximate surface area is 161 Å². The van der Waals surface area contributed by atoms with Crippen molar-refractivity contribution in [2.45, 2.75) is 13.3 Å². The van der Waals surface area contributed by atoms with Crippen molar-refractivity contribution in [2.75, 3.05) is 17.2 Å². The van der Waals surface area contributed by atoms with Crippen molar-refractivity contribution in [1.29, 1.82) is 0 Å². The maximum absolute atomic E-state index is 12.3. The Hall–Kier alpha value is -2.24. The largest absolute Gasteiger partial charge is 0.494 e. The standard InChI is InChI=1S/C19H18Cl2N2O3/c1-2-26-12-8-6-11(7-9-12)22-18(24)13-10-14(13)19(25)23-16-5-3-4-15(20)17(16)21/h3-9,13-14H,2,10H2,1H3,(H,22,24)(H,23,25). The van der Waals surface area contributed by atoms with Crippen LogP contribution in [0, 0.1) is 11.8 Å². The van der Waals surface area contributed by atoms with E-state index in [0.717, 1.165) is 5.75 Å². The molecule has 2 unspecified atom stereocenters. The summed E-state index contributed by atoms with van der Waals surface area (Å²) in [6, 6.07) is 12.1. The van der Waals surface area contributed by atoms with Gasteiger partial charge in [0, 0.05) is 5.69 Å². The second-order valence-electron chi connectivity index (χ2n) is 5.99. The van der Waals surface area contributed by atoms with E-state index < -0.39 is 0 Å². The van der Waals surface area contributed by atoms with Crippen molar-refractivity contribution in [3.63, 3.8) is 0 Å². The summed E-state index contributed by atoms with van der Waals surface area (Å²) in [4.78, 5) is 24.6. The molecule has 2 amide bonds. The molecule has 1 aliphatic rings. The SMILES string of the molecule is CCOc1ccc(NC(=O)C2CC2C(=O)Nc2cccc(Cl)c2Cl)cc1. The van der Waals surface area contributed by atoms with Gasteiger partial charge < -0.3 is 15.4 Å². The van der Waals surface area contributed by atoms with Crippen LogP contribution in [-0.2, 0) is 9.59 Å². The first-order chi connectivity index (χ1) is 12.5. The van der Waals surface area contributed by atoms with Crippen molar-refractivity contribution in [1.82, 2.24) is 0 Å². The molecule has 1 fully saturated rings. The Balaban J connectivity index is 1.55. The number of hydrogen-bond donors (Lipinski definition) is 2. The second kappa shape index (κ2) is 7.98. The fraction of sp³-hybridized carbons (Fsp3) is 0.263. The van der Waals surface area contributed by atoms with Gasteiger partial charge in [-0.25, -0.2) is 0 Å². The van der Waals surface area contributed by atoms with Crippen LogP contribution >= 0.6 is 23.2 Å². The zero-order valence-electron chi connectivity index (χ0n) is 14.1. The number of anilines is 2. The average Bonchev–Trinajstić information content (AvgIpc) is 3.42. The number of carbonyl (C=O) groups excluding carboxylic acids is 2. The minimum Gasteiger partial charge on any atom is -0.494 e. The molecule has 0 radical (unpaired) electrons. The lowest BCUT2D eigenvalue weighted by atomic mass is 10.2. The normalized spacial score (nSPS) is 18.1. The Morgan fingerprint density at radius 2 is 1.69 bits per heavy atom. The number of carbonyl (C=O) groups is 2.